The number of fused-ring (bicyclic) bond motifs is 1. The van der Waals surface area contributed by atoms with Gasteiger partial charge in [-0.25, -0.2) is 13.6 Å². The molecule has 0 saturated carbocycles. The lowest BCUT2D eigenvalue weighted by Gasteiger charge is -2.21. The highest BCUT2D eigenvalue weighted by Crippen LogP contribution is 2.30. The van der Waals surface area contributed by atoms with Crippen LogP contribution in [0.1, 0.15) is 29.3 Å². The highest BCUT2D eigenvalue weighted by Gasteiger charge is 2.28. The number of carboxylic acids is 1. The van der Waals surface area contributed by atoms with Crippen molar-refractivity contribution < 1.29 is 18.7 Å². The Morgan fingerprint density at radius 2 is 2.12 bits per heavy atom. The molecule has 0 aliphatic carbocycles. The number of hydrogen-bond donors (Lipinski definition) is 2. The molecule has 1 aliphatic heterocycles. The molecule has 3 N–H and O–H groups in total. The van der Waals surface area contributed by atoms with Crippen molar-refractivity contribution in [3.05, 3.63) is 45.4 Å². The van der Waals surface area contributed by atoms with E-state index in [4.69, 9.17) is 10.8 Å². The van der Waals surface area contributed by atoms with Crippen molar-refractivity contribution >= 4 is 29.6 Å². The number of nitrogens with two attached hydrogens (primary N) is 1. The van der Waals surface area contributed by atoms with Gasteiger partial charge in [-0.15, -0.1) is 12.4 Å². The number of aromatic carboxylic acids is 1. The second-order valence-electron chi connectivity index (χ2n) is 5.90. The monoisotopic (exact) mass is 373 g/mol. The molecule has 3 heterocycles. The molecule has 0 bridgehead atoms. The van der Waals surface area contributed by atoms with Crippen molar-refractivity contribution in [2.24, 2.45) is 5.73 Å². The molecule has 1 aliphatic rings. The van der Waals surface area contributed by atoms with E-state index < -0.39 is 28.7 Å². The van der Waals surface area contributed by atoms with Gasteiger partial charge in [0.25, 0.3) is 5.56 Å². The summed E-state index contributed by atoms with van der Waals surface area (Å²) in [5.41, 5.74) is 4.34. The van der Waals surface area contributed by atoms with Gasteiger partial charge in [-0.3, -0.25) is 9.20 Å². The number of anilines is 1. The van der Waals surface area contributed by atoms with E-state index in [1.807, 2.05) is 0 Å². The Hall–Kier alpha value is -2.19. The third kappa shape index (κ3) is 3.07. The maximum absolute atomic E-state index is 15.0. The molecule has 1 unspecified atom stereocenters. The highest BCUT2D eigenvalue weighted by atomic mass is 35.5. The molecule has 25 heavy (non-hydrogen) atoms. The van der Waals surface area contributed by atoms with Gasteiger partial charge in [-0.1, -0.05) is 6.92 Å². The first-order valence-electron chi connectivity index (χ1n) is 7.65. The summed E-state index contributed by atoms with van der Waals surface area (Å²) in [6, 6.07) is 0.989. The van der Waals surface area contributed by atoms with Crippen LogP contribution in [0.15, 0.2) is 17.1 Å². The summed E-state index contributed by atoms with van der Waals surface area (Å²) in [6.07, 6.45) is 1.77. The maximum Gasteiger partial charge on any atom is 0.341 e. The Kier molecular flexibility index (Phi) is 5.34. The molecule has 0 spiro atoms. The van der Waals surface area contributed by atoms with Crippen molar-refractivity contribution in [2.45, 2.75) is 25.8 Å². The molecule has 0 radical (unpaired) electrons. The molecule has 1 fully saturated rings. The minimum absolute atomic E-state index is 0. The quantitative estimate of drug-likeness (QED) is 0.856. The van der Waals surface area contributed by atoms with Crippen molar-refractivity contribution in [1.82, 2.24) is 4.40 Å². The molecule has 1 atom stereocenters. The summed E-state index contributed by atoms with van der Waals surface area (Å²) >= 11 is 0. The first kappa shape index (κ1) is 19.1. The SMILES string of the molecule is CCc1cc(C(=O)O)c(=O)n2cc(F)c(N3CCC(N)C3)c(F)c12.Cl. The number of hydrogen-bond acceptors (Lipinski definition) is 4. The number of aryl methyl sites for hydroxylation is 1. The van der Waals surface area contributed by atoms with E-state index in [0.717, 1.165) is 16.7 Å². The van der Waals surface area contributed by atoms with Crippen LogP contribution in [0.2, 0.25) is 0 Å². The largest absolute Gasteiger partial charge is 0.477 e. The van der Waals surface area contributed by atoms with Gasteiger partial charge in [0.2, 0.25) is 0 Å². The Morgan fingerprint density at radius 1 is 1.44 bits per heavy atom. The van der Waals surface area contributed by atoms with Crippen LogP contribution in [0.25, 0.3) is 5.52 Å². The van der Waals surface area contributed by atoms with Gasteiger partial charge in [-0.2, -0.15) is 0 Å². The number of carboxylic acid groups (broad SMARTS) is 1. The van der Waals surface area contributed by atoms with E-state index in [0.29, 0.717) is 31.5 Å². The number of rotatable bonds is 3. The Labute approximate surface area is 148 Å². The highest BCUT2D eigenvalue weighted by molar-refractivity contribution is 5.88. The summed E-state index contributed by atoms with van der Waals surface area (Å²) < 4.78 is 30.3. The van der Waals surface area contributed by atoms with Gasteiger partial charge >= 0.3 is 5.97 Å². The predicted molar refractivity (Wildman–Crippen MR) is 92.0 cm³/mol. The van der Waals surface area contributed by atoms with Crippen molar-refractivity contribution in [2.75, 3.05) is 18.0 Å². The maximum atomic E-state index is 15.0. The molecule has 0 amide bonds. The summed E-state index contributed by atoms with van der Waals surface area (Å²) in [4.78, 5) is 25.0. The number of pyridine rings is 2. The average Bonchev–Trinajstić information content (AvgIpc) is 2.94. The lowest BCUT2D eigenvalue weighted by molar-refractivity contribution is 0.0694. The second kappa shape index (κ2) is 6.97. The van der Waals surface area contributed by atoms with Crippen LogP contribution < -0.4 is 16.2 Å². The van der Waals surface area contributed by atoms with Crippen LogP contribution in [0.3, 0.4) is 0 Å². The second-order valence-corrected chi connectivity index (χ2v) is 5.90. The van der Waals surface area contributed by atoms with Crippen molar-refractivity contribution in [1.29, 1.82) is 0 Å². The summed E-state index contributed by atoms with van der Waals surface area (Å²) in [5, 5.41) is 9.12. The van der Waals surface area contributed by atoms with Gasteiger partial charge < -0.3 is 15.7 Å². The normalized spacial score (nSPS) is 17.0. The molecule has 2 aromatic rings. The minimum atomic E-state index is -1.43. The van der Waals surface area contributed by atoms with Crippen LogP contribution in [0.4, 0.5) is 14.5 Å². The number of aromatic nitrogens is 1. The van der Waals surface area contributed by atoms with Gasteiger partial charge in [-0.05, 0) is 24.5 Å². The van der Waals surface area contributed by atoms with Gasteiger partial charge in [0.1, 0.15) is 11.3 Å². The first-order chi connectivity index (χ1) is 11.3. The molecule has 6 nitrogen and oxygen atoms in total. The predicted octanol–water partition coefficient (Wildman–Crippen LogP) is 1.80. The molecular formula is C16H18ClF2N3O3. The van der Waals surface area contributed by atoms with Gasteiger partial charge in [0.05, 0.1) is 11.7 Å². The standard InChI is InChI=1S/C16H17F2N3O3.ClH/c1-2-8-5-10(16(23)24)15(22)21-7-11(17)14(12(18)13(8)21)20-4-3-9(19)6-20;/h5,7,9H,2-4,6,19H2,1H3,(H,23,24);1H. The van der Waals surface area contributed by atoms with Gasteiger partial charge in [0, 0.05) is 19.1 Å². The minimum Gasteiger partial charge on any atom is -0.477 e. The Morgan fingerprint density at radius 3 is 2.64 bits per heavy atom. The summed E-state index contributed by atoms with van der Waals surface area (Å²) in [5.74, 6) is -3.21. The number of halogens is 3. The molecule has 9 heteroatoms. The molecule has 0 aromatic carbocycles. The zero-order valence-corrected chi connectivity index (χ0v) is 14.3. The van der Waals surface area contributed by atoms with E-state index in [9.17, 15) is 14.0 Å². The van der Waals surface area contributed by atoms with Crippen LogP contribution in [-0.2, 0) is 6.42 Å². The van der Waals surface area contributed by atoms with Crippen LogP contribution in [-0.4, -0.2) is 34.6 Å². The van der Waals surface area contributed by atoms with E-state index in [1.54, 1.807) is 6.92 Å². The lowest BCUT2D eigenvalue weighted by Crippen LogP contribution is -2.29. The third-order valence-electron chi connectivity index (χ3n) is 4.35. The van der Waals surface area contributed by atoms with Crippen LogP contribution >= 0.6 is 12.4 Å². The smallest absolute Gasteiger partial charge is 0.341 e. The average molecular weight is 374 g/mol. The van der Waals surface area contributed by atoms with E-state index in [2.05, 4.69) is 0 Å². The fourth-order valence-electron chi connectivity index (χ4n) is 3.15. The summed E-state index contributed by atoms with van der Waals surface area (Å²) in [6.45, 7) is 2.45. The van der Waals surface area contributed by atoms with E-state index in [1.165, 1.54) is 4.90 Å². The topological polar surface area (TPSA) is 88.0 Å². The number of carbonyl (C=O) groups is 1. The zero-order chi connectivity index (χ0) is 17.6. The zero-order valence-electron chi connectivity index (χ0n) is 13.5. The van der Waals surface area contributed by atoms with E-state index >= 15 is 4.39 Å². The molecular weight excluding hydrogens is 356 g/mol. The molecule has 136 valence electrons. The Bertz CT molecular complexity index is 901. The third-order valence-corrected chi connectivity index (χ3v) is 4.35. The van der Waals surface area contributed by atoms with Crippen LogP contribution in [0.5, 0.6) is 0 Å². The fourth-order valence-corrected chi connectivity index (χ4v) is 3.15. The first-order valence-corrected chi connectivity index (χ1v) is 7.65. The van der Waals surface area contributed by atoms with Crippen molar-refractivity contribution in [3.8, 4) is 0 Å². The Balaban J connectivity index is 0.00000225. The fraction of sp³-hybridized carbons (Fsp3) is 0.375. The molecule has 1 saturated heterocycles. The molecule has 3 rings (SSSR count). The van der Waals surface area contributed by atoms with E-state index in [-0.39, 0.29) is 29.7 Å². The summed E-state index contributed by atoms with van der Waals surface area (Å²) in [7, 11) is 0. The van der Waals surface area contributed by atoms with Crippen molar-refractivity contribution in [3.63, 3.8) is 0 Å². The lowest BCUT2D eigenvalue weighted by atomic mass is 10.1. The molecule has 2 aromatic heterocycles. The van der Waals surface area contributed by atoms with Crippen LogP contribution in [0, 0.1) is 11.6 Å². The van der Waals surface area contributed by atoms with Gasteiger partial charge in [0.15, 0.2) is 11.6 Å². The number of nitrogens with zero attached hydrogens (tertiary/aromatic N) is 2.